The van der Waals surface area contributed by atoms with Gasteiger partial charge in [0.25, 0.3) is 0 Å². The molecule has 0 aliphatic heterocycles. The average Bonchev–Trinajstić information content (AvgIpc) is 2.61. The van der Waals surface area contributed by atoms with Gasteiger partial charge in [0.1, 0.15) is 4.34 Å². The van der Waals surface area contributed by atoms with E-state index in [1.807, 2.05) is 24.3 Å². The lowest BCUT2D eigenvalue weighted by Gasteiger charge is -2.09. The van der Waals surface area contributed by atoms with Crippen LogP contribution in [0.1, 0.15) is 17.2 Å². The molecule has 0 aliphatic carbocycles. The molecule has 0 saturated carbocycles. The van der Waals surface area contributed by atoms with Crippen LogP contribution in [-0.4, -0.2) is 5.11 Å². The fourth-order valence-corrected chi connectivity index (χ4v) is 3.46. The molecule has 2 rings (SSSR count). The molecule has 1 nitrogen and oxygen atoms in total. The van der Waals surface area contributed by atoms with Gasteiger partial charge in [-0.05, 0) is 46.4 Å². The maximum Gasteiger partial charge on any atom is 0.100 e. The minimum absolute atomic E-state index is 0.545. The third-order valence-electron chi connectivity index (χ3n) is 2.38. The molecular formula is C12H9Cl2IOS. The van der Waals surface area contributed by atoms with Gasteiger partial charge in [-0.15, -0.1) is 11.3 Å². The molecule has 17 heavy (non-hydrogen) atoms. The first-order chi connectivity index (χ1) is 8.06. The average molecular weight is 399 g/mol. The molecule has 5 heteroatoms. The van der Waals surface area contributed by atoms with E-state index in [9.17, 15) is 5.11 Å². The molecule has 1 N–H and O–H groups in total. The fourth-order valence-electron chi connectivity index (χ4n) is 1.53. The Morgan fingerprint density at radius 3 is 2.41 bits per heavy atom. The fraction of sp³-hybridized carbons (Fsp3) is 0.167. The number of hydrogen-bond acceptors (Lipinski definition) is 2. The van der Waals surface area contributed by atoms with Crippen LogP contribution in [0, 0.1) is 3.57 Å². The normalized spacial score (nSPS) is 12.7. The molecule has 0 bridgehead atoms. The minimum atomic E-state index is -0.605. The largest absolute Gasteiger partial charge is 0.388 e. The third kappa shape index (κ3) is 3.58. The predicted molar refractivity (Wildman–Crippen MR) is 82.2 cm³/mol. The zero-order chi connectivity index (χ0) is 12.4. The maximum atomic E-state index is 10.1. The van der Waals surface area contributed by atoms with Crippen molar-refractivity contribution in [3.8, 4) is 0 Å². The third-order valence-corrected chi connectivity index (χ3v) is 4.62. The van der Waals surface area contributed by atoms with Crippen molar-refractivity contribution in [1.29, 1.82) is 0 Å². The summed E-state index contributed by atoms with van der Waals surface area (Å²) in [7, 11) is 0. The second-order valence-corrected chi connectivity index (χ2v) is 7.16. The van der Waals surface area contributed by atoms with Gasteiger partial charge in [0, 0.05) is 15.6 Å². The molecule has 1 unspecified atom stereocenters. The van der Waals surface area contributed by atoms with E-state index in [2.05, 4.69) is 22.6 Å². The lowest BCUT2D eigenvalue weighted by Crippen LogP contribution is -2.00. The highest BCUT2D eigenvalue weighted by Crippen LogP contribution is 2.36. The highest BCUT2D eigenvalue weighted by Gasteiger charge is 2.15. The number of rotatable bonds is 3. The van der Waals surface area contributed by atoms with E-state index in [-0.39, 0.29) is 0 Å². The van der Waals surface area contributed by atoms with Crippen LogP contribution in [0.15, 0.2) is 30.3 Å². The number of aliphatic hydroxyl groups is 1. The SMILES string of the molecule is OC(Cc1ccc(I)cc1)c1cc(Cl)sc1Cl. The standard InChI is InChI=1S/C12H9Cl2IOS/c13-11-6-9(12(14)17-11)10(16)5-7-1-3-8(15)4-2-7/h1-4,6,10,16H,5H2. The Kier molecular flexibility index (Phi) is 4.72. The smallest absolute Gasteiger partial charge is 0.100 e. The van der Waals surface area contributed by atoms with Crippen LogP contribution in [0.5, 0.6) is 0 Å². The van der Waals surface area contributed by atoms with Crippen LogP contribution >= 0.6 is 57.1 Å². The van der Waals surface area contributed by atoms with E-state index in [0.29, 0.717) is 20.7 Å². The number of thiophene rings is 1. The van der Waals surface area contributed by atoms with E-state index in [0.717, 1.165) is 5.56 Å². The Labute approximate surface area is 128 Å². The molecule has 0 spiro atoms. The summed E-state index contributed by atoms with van der Waals surface area (Å²) in [5.41, 5.74) is 1.79. The first-order valence-electron chi connectivity index (χ1n) is 4.93. The zero-order valence-corrected chi connectivity index (χ0v) is 13.1. The topological polar surface area (TPSA) is 20.2 Å². The van der Waals surface area contributed by atoms with Crippen molar-refractivity contribution < 1.29 is 5.11 Å². The molecule has 1 atom stereocenters. The molecule has 0 radical (unpaired) electrons. The van der Waals surface area contributed by atoms with Gasteiger partial charge in [-0.2, -0.15) is 0 Å². The van der Waals surface area contributed by atoms with Crippen LogP contribution in [0.25, 0.3) is 0 Å². The van der Waals surface area contributed by atoms with Gasteiger partial charge < -0.3 is 5.11 Å². The zero-order valence-electron chi connectivity index (χ0n) is 8.66. The molecule has 0 fully saturated rings. The molecular weight excluding hydrogens is 390 g/mol. The Morgan fingerprint density at radius 2 is 1.88 bits per heavy atom. The van der Waals surface area contributed by atoms with E-state index in [1.165, 1.54) is 14.9 Å². The Bertz CT molecular complexity index is 510. The van der Waals surface area contributed by atoms with Crippen molar-refractivity contribution in [2.45, 2.75) is 12.5 Å². The molecule has 90 valence electrons. The first-order valence-corrected chi connectivity index (χ1v) is 7.58. The highest BCUT2D eigenvalue weighted by atomic mass is 127. The summed E-state index contributed by atoms with van der Waals surface area (Å²) in [4.78, 5) is 0. The molecule has 1 aromatic heterocycles. The summed E-state index contributed by atoms with van der Waals surface area (Å²) in [6.07, 6.45) is -0.0599. The minimum Gasteiger partial charge on any atom is -0.388 e. The van der Waals surface area contributed by atoms with Crippen molar-refractivity contribution in [3.63, 3.8) is 0 Å². The van der Waals surface area contributed by atoms with Crippen molar-refractivity contribution in [2.24, 2.45) is 0 Å². The second kappa shape index (κ2) is 5.89. The Morgan fingerprint density at radius 1 is 1.24 bits per heavy atom. The number of benzene rings is 1. The summed E-state index contributed by atoms with van der Waals surface area (Å²) in [5.74, 6) is 0. The van der Waals surface area contributed by atoms with E-state index < -0.39 is 6.10 Å². The van der Waals surface area contributed by atoms with Crippen LogP contribution in [0.3, 0.4) is 0 Å². The van der Waals surface area contributed by atoms with Crippen LogP contribution in [0.4, 0.5) is 0 Å². The van der Waals surface area contributed by atoms with Gasteiger partial charge in [0.15, 0.2) is 0 Å². The van der Waals surface area contributed by atoms with Crippen molar-refractivity contribution in [2.75, 3.05) is 0 Å². The molecule has 0 saturated heterocycles. The molecule has 1 heterocycles. The van der Waals surface area contributed by atoms with Gasteiger partial charge in [0.2, 0.25) is 0 Å². The summed E-state index contributed by atoms with van der Waals surface area (Å²) in [6, 6.07) is 9.78. The van der Waals surface area contributed by atoms with Gasteiger partial charge in [-0.25, -0.2) is 0 Å². The van der Waals surface area contributed by atoms with Gasteiger partial charge in [0.05, 0.1) is 10.4 Å². The molecule has 0 amide bonds. The van der Waals surface area contributed by atoms with E-state index in [1.54, 1.807) is 6.07 Å². The number of halogens is 3. The first kappa shape index (κ1) is 13.6. The van der Waals surface area contributed by atoms with Crippen LogP contribution < -0.4 is 0 Å². The number of aliphatic hydroxyl groups excluding tert-OH is 1. The highest BCUT2D eigenvalue weighted by molar-refractivity contribution is 14.1. The quantitative estimate of drug-likeness (QED) is 0.726. The Balaban J connectivity index is 2.14. The molecule has 0 aliphatic rings. The molecule has 1 aromatic carbocycles. The summed E-state index contributed by atoms with van der Waals surface area (Å²) in [6.45, 7) is 0. The van der Waals surface area contributed by atoms with Gasteiger partial charge >= 0.3 is 0 Å². The van der Waals surface area contributed by atoms with Crippen molar-refractivity contribution in [3.05, 3.63) is 53.7 Å². The van der Waals surface area contributed by atoms with Crippen molar-refractivity contribution >= 4 is 57.1 Å². The summed E-state index contributed by atoms with van der Waals surface area (Å²) >= 11 is 15.4. The van der Waals surface area contributed by atoms with Crippen molar-refractivity contribution in [1.82, 2.24) is 0 Å². The molecule has 2 aromatic rings. The Hall–Kier alpha value is 0.190. The summed E-state index contributed by atoms with van der Waals surface area (Å²) in [5, 5.41) is 10.1. The monoisotopic (exact) mass is 398 g/mol. The van der Waals surface area contributed by atoms with Crippen LogP contribution in [0.2, 0.25) is 8.67 Å². The second-order valence-electron chi connectivity index (χ2n) is 3.63. The lowest BCUT2D eigenvalue weighted by atomic mass is 10.0. The maximum absolute atomic E-state index is 10.1. The van der Waals surface area contributed by atoms with Crippen LogP contribution in [-0.2, 0) is 6.42 Å². The predicted octanol–water partition coefficient (Wildman–Crippen LogP) is 4.94. The number of hydrogen-bond donors (Lipinski definition) is 1. The summed E-state index contributed by atoms with van der Waals surface area (Å²) < 4.78 is 2.34. The van der Waals surface area contributed by atoms with Gasteiger partial charge in [-0.3, -0.25) is 0 Å². The van der Waals surface area contributed by atoms with Gasteiger partial charge in [-0.1, -0.05) is 35.3 Å². The lowest BCUT2D eigenvalue weighted by molar-refractivity contribution is 0.179. The van der Waals surface area contributed by atoms with E-state index in [4.69, 9.17) is 23.2 Å². The van der Waals surface area contributed by atoms with E-state index >= 15 is 0 Å².